The van der Waals surface area contributed by atoms with E-state index < -0.39 is 4.92 Å². The third kappa shape index (κ3) is 3.34. The summed E-state index contributed by atoms with van der Waals surface area (Å²) in [4.78, 5) is 25.1. The highest BCUT2D eigenvalue weighted by atomic mass is 79.9. The van der Waals surface area contributed by atoms with Crippen LogP contribution < -0.4 is 4.90 Å². The molecule has 1 unspecified atom stereocenters. The number of hydrogen-bond donors (Lipinski definition) is 0. The SMILES string of the molecule is O=C1/C(=C/c2ccc([N+](=O)[O-])cc2)C(c2ccccc2)N1c1ccc(Br)cc1. The van der Waals surface area contributed by atoms with Gasteiger partial charge in [-0.15, -0.1) is 0 Å². The van der Waals surface area contributed by atoms with Crippen LogP contribution in [0, 0.1) is 10.1 Å². The number of non-ortho nitro benzene ring substituents is 1. The highest BCUT2D eigenvalue weighted by Gasteiger charge is 2.43. The van der Waals surface area contributed by atoms with E-state index in [1.54, 1.807) is 23.1 Å². The Morgan fingerprint density at radius 3 is 2.18 bits per heavy atom. The van der Waals surface area contributed by atoms with Crippen LogP contribution in [-0.2, 0) is 4.79 Å². The number of nitro benzene ring substituents is 1. The van der Waals surface area contributed by atoms with Gasteiger partial charge in [-0.3, -0.25) is 19.8 Å². The fourth-order valence-electron chi connectivity index (χ4n) is 3.29. The number of β-lactam (4-membered cyclic amide) rings is 1. The van der Waals surface area contributed by atoms with Gasteiger partial charge in [-0.2, -0.15) is 0 Å². The maximum Gasteiger partial charge on any atom is 0.269 e. The number of rotatable bonds is 4. The van der Waals surface area contributed by atoms with Crippen LogP contribution in [0.5, 0.6) is 0 Å². The van der Waals surface area contributed by atoms with Crippen LogP contribution in [-0.4, -0.2) is 10.8 Å². The van der Waals surface area contributed by atoms with Crippen molar-refractivity contribution in [1.82, 2.24) is 0 Å². The van der Waals surface area contributed by atoms with Gasteiger partial charge in [0.25, 0.3) is 11.6 Å². The summed E-state index contributed by atoms with van der Waals surface area (Å²) in [5.74, 6) is -0.0745. The minimum atomic E-state index is -0.437. The summed E-state index contributed by atoms with van der Waals surface area (Å²) >= 11 is 3.42. The first kappa shape index (κ1) is 18.1. The minimum Gasteiger partial charge on any atom is -0.297 e. The highest BCUT2D eigenvalue weighted by Crippen LogP contribution is 2.44. The molecule has 0 aliphatic carbocycles. The molecule has 0 bridgehead atoms. The monoisotopic (exact) mass is 434 g/mol. The Morgan fingerprint density at radius 2 is 1.57 bits per heavy atom. The molecule has 28 heavy (non-hydrogen) atoms. The van der Waals surface area contributed by atoms with E-state index in [0.29, 0.717) is 5.57 Å². The molecule has 1 saturated heterocycles. The molecule has 6 heteroatoms. The number of anilines is 1. The smallest absolute Gasteiger partial charge is 0.269 e. The van der Waals surface area contributed by atoms with Crippen molar-refractivity contribution in [3.8, 4) is 0 Å². The van der Waals surface area contributed by atoms with Gasteiger partial charge in [0.15, 0.2) is 0 Å². The summed E-state index contributed by atoms with van der Waals surface area (Å²) in [6.07, 6.45) is 1.80. The number of nitro groups is 1. The van der Waals surface area contributed by atoms with E-state index in [1.807, 2.05) is 54.6 Å². The first-order chi connectivity index (χ1) is 13.5. The third-order valence-corrected chi connectivity index (χ3v) is 5.19. The Balaban J connectivity index is 1.73. The average Bonchev–Trinajstić information content (AvgIpc) is 2.72. The number of hydrogen-bond acceptors (Lipinski definition) is 3. The molecule has 0 aromatic heterocycles. The number of carbonyl (C=O) groups is 1. The van der Waals surface area contributed by atoms with Crippen molar-refractivity contribution in [2.75, 3.05) is 4.90 Å². The molecular weight excluding hydrogens is 420 g/mol. The number of benzene rings is 3. The fraction of sp³-hybridized carbons (Fsp3) is 0.0455. The van der Waals surface area contributed by atoms with E-state index in [4.69, 9.17) is 0 Å². The molecule has 1 amide bonds. The van der Waals surface area contributed by atoms with E-state index in [2.05, 4.69) is 15.9 Å². The van der Waals surface area contributed by atoms with E-state index >= 15 is 0 Å². The molecule has 3 aromatic carbocycles. The topological polar surface area (TPSA) is 63.4 Å². The predicted octanol–water partition coefficient (Wildman–Crippen LogP) is 5.53. The van der Waals surface area contributed by atoms with Crippen molar-refractivity contribution in [1.29, 1.82) is 0 Å². The molecular formula is C22H15BrN2O3. The van der Waals surface area contributed by atoms with Gasteiger partial charge in [-0.25, -0.2) is 0 Å². The Hall–Kier alpha value is -3.25. The van der Waals surface area contributed by atoms with Crippen LogP contribution >= 0.6 is 15.9 Å². The molecule has 3 aromatic rings. The summed E-state index contributed by atoms with van der Waals surface area (Å²) < 4.78 is 0.946. The molecule has 1 fully saturated rings. The Labute approximate surface area is 170 Å². The molecule has 0 saturated carbocycles. The molecule has 0 spiro atoms. The first-order valence-electron chi connectivity index (χ1n) is 8.65. The summed E-state index contributed by atoms with van der Waals surface area (Å²) in [6.45, 7) is 0. The molecule has 1 aliphatic rings. The van der Waals surface area contributed by atoms with E-state index in [-0.39, 0.29) is 17.6 Å². The second kappa shape index (κ2) is 7.40. The molecule has 1 atom stereocenters. The minimum absolute atomic E-state index is 0.0261. The van der Waals surface area contributed by atoms with Crippen molar-refractivity contribution >= 4 is 39.3 Å². The second-order valence-corrected chi connectivity index (χ2v) is 7.33. The van der Waals surface area contributed by atoms with Crippen LogP contribution in [0.25, 0.3) is 6.08 Å². The lowest BCUT2D eigenvalue weighted by atomic mass is 9.86. The molecule has 138 valence electrons. The van der Waals surface area contributed by atoms with Gasteiger partial charge in [-0.05, 0) is 53.6 Å². The van der Waals surface area contributed by atoms with E-state index in [9.17, 15) is 14.9 Å². The van der Waals surface area contributed by atoms with Gasteiger partial charge in [-0.1, -0.05) is 46.3 Å². The Morgan fingerprint density at radius 1 is 0.929 bits per heavy atom. The van der Waals surface area contributed by atoms with E-state index in [1.165, 1.54) is 12.1 Å². The number of carbonyl (C=O) groups excluding carboxylic acids is 1. The van der Waals surface area contributed by atoms with Crippen molar-refractivity contribution in [3.05, 3.63) is 110 Å². The Kier molecular flexibility index (Phi) is 4.79. The standard InChI is InChI=1S/C22H15BrN2O3/c23-17-8-12-18(13-9-17)24-21(16-4-2-1-3-5-16)20(22(24)26)14-15-6-10-19(11-7-15)25(27)28/h1-14,21H/b20-14+. The maximum absolute atomic E-state index is 12.9. The summed E-state index contributed by atoms with van der Waals surface area (Å²) in [6, 6.07) is 23.4. The van der Waals surface area contributed by atoms with Gasteiger partial charge < -0.3 is 0 Å². The zero-order valence-corrected chi connectivity index (χ0v) is 16.2. The normalized spacial score (nSPS) is 17.5. The molecule has 1 aliphatic heterocycles. The molecule has 4 rings (SSSR count). The molecule has 0 N–H and O–H groups in total. The van der Waals surface area contributed by atoms with E-state index in [0.717, 1.165) is 21.3 Å². The average molecular weight is 435 g/mol. The van der Waals surface area contributed by atoms with Crippen LogP contribution in [0.4, 0.5) is 11.4 Å². The van der Waals surface area contributed by atoms with Crippen molar-refractivity contribution in [2.45, 2.75) is 6.04 Å². The maximum atomic E-state index is 12.9. The molecule has 5 nitrogen and oxygen atoms in total. The lowest BCUT2D eigenvalue weighted by Crippen LogP contribution is -2.49. The zero-order valence-electron chi connectivity index (χ0n) is 14.7. The number of nitrogens with zero attached hydrogens (tertiary/aromatic N) is 2. The van der Waals surface area contributed by atoms with Gasteiger partial charge in [0.05, 0.1) is 11.0 Å². The van der Waals surface area contributed by atoms with Crippen molar-refractivity contribution < 1.29 is 9.72 Å². The summed E-state index contributed by atoms with van der Waals surface area (Å²) in [7, 11) is 0. The second-order valence-electron chi connectivity index (χ2n) is 6.41. The number of amides is 1. The lowest BCUT2D eigenvalue weighted by Gasteiger charge is -2.43. The molecule has 0 radical (unpaired) electrons. The predicted molar refractivity (Wildman–Crippen MR) is 112 cm³/mol. The molecule has 1 heterocycles. The largest absolute Gasteiger partial charge is 0.297 e. The third-order valence-electron chi connectivity index (χ3n) is 4.66. The van der Waals surface area contributed by atoms with Gasteiger partial charge >= 0.3 is 0 Å². The van der Waals surface area contributed by atoms with Gasteiger partial charge in [0.1, 0.15) is 0 Å². The van der Waals surface area contributed by atoms with Crippen LogP contribution in [0.15, 0.2) is 88.9 Å². The lowest BCUT2D eigenvalue weighted by molar-refractivity contribution is -0.384. The quantitative estimate of drug-likeness (QED) is 0.234. The summed E-state index contributed by atoms with van der Waals surface area (Å²) in [5.41, 5.74) is 3.27. The Bertz CT molecular complexity index is 1060. The van der Waals surface area contributed by atoms with Crippen LogP contribution in [0.3, 0.4) is 0 Å². The van der Waals surface area contributed by atoms with Crippen LogP contribution in [0.1, 0.15) is 17.2 Å². The highest BCUT2D eigenvalue weighted by molar-refractivity contribution is 9.10. The van der Waals surface area contributed by atoms with Gasteiger partial charge in [0.2, 0.25) is 0 Å². The van der Waals surface area contributed by atoms with Crippen molar-refractivity contribution in [2.24, 2.45) is 0 Å². The first-order valence-corrected chi connectivity index (χ1v) is 9.44. The summed E-state index contributed by atoms with van der Waals surface area (Å²) in [5, 5.41) is 10.8. The van der Waals surface area contributed by atoms with Crippen LogP contribution in [0.2, 0.25) is 0 Å². The fourth-order valence-corrected chi connectivity index (χ4v) is 3.56. The van der Waals surface area contributed by atoms with Gasteiger partial charge in [0, 0.05) is 27.9 Å². The number of halogens is 1. The van der Waals surface area contributed by atoms with Crippen molar-refractivity contribution in [3.63, 3.8) is 0 Å². The zero-order chi connectivity index (χ0) is 19.7.